The number of piperidine rings is 3. The number of fused-ring (bicyclic) bond motifs is 6. The van der Waals surface area contributed by atoms with Crippen LogP contribution in [-0.4, -0.2) is 42.3 Å². The monoisotopic (exact) mass is 375 g/mol. The maximum absolute atomic E-state index is 6.15. The SMILES string of the molecule is NCCCn1c2ccccc2c2ccc(OC/C=C3/CN4CCC3CC4)cc21. The summed E-state index contributed by atoms with van der Waals surface area (Å²) in [5.74, 6) is 1.73. The van der Waals surface area contributed by atoms with Gasteiger partial charge in [-0.25, -0.2) is 0 Å². The topological polar surface area (TPSA) is 43.4 Å². The van der Waals surface area contributed by atoms with Gasteiger partial charge in [-0.2, -0.15) is 0 Å². The van der Waals surface area contributed by atoms with Crippen molar-refractivity contribution in [1.82, 2.24) is 9.47 Å². The number of nitrogens with zero attached hydrogens (tertiary/aromatic N) is 2. The van der Waals surface area contributed by atoms with Crippen LogP contribution in [0.25, 0.3) is 21.8 Å². The Bertz CT molecular complexity index is 1010. The third kappa shape index (κ3) is 3.21. The second kappa shape index (κ2) is 7.61. The molecule has 0 radical (unpaired) electrons. The average Bonchev–Trinajstić information content (AvgIpc) is 3.06. The van der Waals surface area contributed by atoms with Crippen molar-refractivity contribution in [2.75, 3.05) is 32.8 Å². The van der Waals surface area contributed by atoms with Crippen molar-refractivity contribution in [3.63, 3.8) is 0 Å². The summed E-state index contributed by atoms with van der Waals surface area (Å²) in [6.45, 7) is 5.98. The van der Waals surface area contributed by atoms with Gasteiger partial charge in [0.15, 0.2) is 0 Å². The van der Waals surface area contributed by atoms with Gasteiger partial charge in [0.05, 0.1) is 5.52 Å². The summed E-state index contributed by atoms with van der Waals surface area (Å²) in [4.78, 5) is 2.56. The predicted octanol–water partition coefficient (Wildman–Crippen LogP) is 4.17. The van der Waals surface area contributed by atoms with Crippen molar-refractivity contribution in [3.05, 3.63) is 54.1 Å². The Morgan fingerprint density at radius 3 is 2.64 bits per heavy atom. The molecule has 3 saturated heterocycles. The molecule has 2 aromatic carbocycles. The molecule has 28 heavy (non-hydrogen) atoms. The molecule has 3 aromatic rings. The summed E-state index contributed by atoms with van der Waals surface area (Å²) < 4.78 is 8.53. The van der Waals surface area contributed by atoms with Crippen LogP contribution in [-0.2, 0) is 6.54 Å². The lowest BCUT2D eigenvalue weighted by Gasteiger charge is -2.41. The van der Waals surface area contributed by atoms with Crippen LogP contribution in [0.2, 0.25) is 0 Å². The highest BCUT2D eigenvalue weighted by molar-refractivity contribution is 6.08. The second-order valence-corrected chi connectivity index (χ2v) is 8.13. The zero-order valence-electron chi connectivity index (χ0n) is 16.4. The highest BCUT2D eigenvalue weighted by Crippen LogP contribution is 2.33. The van der Waals surface area contributed by atoms with Gasteiger partial charge < -0.3 is 15.0 Å². The summed E-state index contributed by atoms with van der Waals surface area (Å²) in [7, 11) is 0. The fraction of sp³-hybridized carbons (Fsp3) is 0.417. The van der Waals surface area contributed by atoms with Crippen LogP contribution >= 0.6 is 0 Å². The predicted molar refractivity (Wildman–Crippen MR) is 116 cm³/mol. The van der Waals surface area contributed by atoms with E-state index in [-0.39, 0.29) is 0 Å². The molecule has 3 aliphatic heterocycles. The van der Waals surface area contributed by atoms with E-state index in [0.29, 0.717) is 13.2 Å². The minimum Gasteiger partial charge on any atom is -0.489 e. The molecule has 2 N–H and O–H groups in total. The van der Waals surface area contributed by atoms with Crippen molar-refractivity contribution in [1.29, 1.82) is 0 Å². The molecule has 0 spiro atoms. The van der Waals surface area contributed by atoms with Crippen LogP contribution in [0, 0.1) is 5.92 Å². The molecule has 0 saturated carbocycles. The van der Waals surface area contributed by atoms with Gasteiger partial charge in [0, 0.05) is 35.4 Å². The Kier molecular flexibility index (Phi) is 4.83. The van der Waals surface area contributed by atoms with Crippen molar-refractivity contribution in [3.8, 4) is 5.75 Å². The van der Waals surface area contributed by atoms with Crippen LogP contribution < -0.4 is 10.5 Å². The lowest BCUT2D eigenvalue weighted by atomic mass is 9.84. The van der Waals surface area contributed by atoms with E-state index in [4.69, 9.17) is 10.5 Å². The molecule has 4 heteroatoms. The average molecular weight is 376 g/mol. The number of hydrogen-bond acceptors (Lipinski definition) is 3. The number of ether oxygens (including phenoxy) is 1. The van der Waals surface area contributed by atoms with E-state index in [1.165, 1.54) is 47.7 Å². The first kappa shape index (κ1) is 17.8. The maximum atomic E-state index is 6.15. The van der Waals surface area contributed by atoms with E-state index in [1.54, 1.807) is 5.57 Å². The lowest BCUT2D eigenvalue weighted by molar-refractivity contribution is 0.160. The number of aromatic nitrogens is 1. The van der Waals surface area contributed by atoms with Crippen molar-refractivity contribution < 1.29 is 4.74 Å². The molecule has 0 atom stereocenters. The van der Waals surface area contributed by atoms with Gasteiger partial charge in [-0.05, 0) is 69.1 Å². The first-order chi connectivity index (χ1) is 13.8. The molecule has 3 fully saturated rings. The van der Waals surface area contributed by atoms with Crippen molar-refractivity contribution in [2.45, 2.75) is 25.8 Å². The normalized spacial score (nSPS) is 23.1. The zero-order chi connectivity index (χ0) is 18.9. The minimum atomic E-state index is 0.661. The molecule has 6 rings (SSSR count). The second-order valence-electron chi connectivity index (χ2n) is 8.13. The van der Waals surface area contributed by atoms with Crippen LogP contribution in [0.3, 0.4) is 0 Å². The number of hydrogen-bond donors (Lipinski definition) is 1. The fourth-order valence-electron chi connectivity index (χ4n) is 4.93. The fourth-order valence-corrected chi connectivity index (χ4v) is 4.93. The van der Waals surface area contributed by atoms with E-state index < -0.39 is 0 Å². The molecular weight excluding hydrogens is 346 g/mol. The minimum absolute atomic E-state index is 0.661. The van der Waals surface area contributed by atoms with Gasteiger partial charge in [0.25, 0.3) is 0 Å². The Hall–Kier alpha value is -2.30. The molecule has 0 aliphatic carbocycles. The number of rotatable bonds is 6. The van der Waals surface area contributed by atoms with Crippen LogP contribution in [0.1, 0.15) is 19.3 Å². The van der Waals surface area contributed by atoms with Crippen LogP contribution in [0.5, 0.6) is 5.75 Å². The molecular formula is C24H29N3O. The van der Waals surface area contributed by atoms with E-state index >= 15 is 0 Å². The van der Waals surface area contributed by atoms with Crippen LogP contribution in [0.4, 0.5) is 0 Å². The first-order valence-electron chi connectivity index (χ1n) is 10.6. The Morgan fingerprint density at radius 2 is 1.86 bits per heavy atom. The standard InChI is InChI=1S/C24H29N3O/c25-11-3-12-27-23-5-2-1-4-21(23)22-7-6-20(16-24(22)27)28-15-10-19-17-26-13-8-18(19)9-14-26/h1-2,4-7,10,16,18H,3,8-9,11-15,17,25H2/b19-10-. The summed E-state index contributed by atoms with van der Waals surface area (Å²) >= 11 is 0. The zero-order valence-corrected chi connectivity index (χ0v) is 16.4. The van der Waals surface area contributed by atoms with E-state index in [0.717, 1.165) is 31.2 Å². The summed E-state index contributed by atoms with van der Waals surface area (Å²) in [5.41, 5.74) is 9.87. The number of aryl methyl sites for hydroxylation is 1. The lowest BCUT2D eigenvalue weighted by Crippen LogP contribution is -2.43. The Morgan fingerprint density at radius 1 is 1.04 bits per heavy atom. The van der Waals surface area contributed by atoms with Gasteiger partial charge >= 0.3 is 0 Å². The van der Waals surface area contributed by atoms with Gasteiger partial charge in [-0.15, -0.1) is 0 Å². The number of benzene rings is 2. The third-order valence-corrected chi connectivity index (χ3v) is 6.44. The Balaban J connectivity index is 1.40. The number of nitrogens with two attached hydrogens (primary N) is 1. The molecule has 0 unspecified atom stereocenters. The summed E-state index contributed by atoms with van der Waals surface area (Å²) in [6, 6.07) is 15.1. The highest BCUT2D eigenvalue weighted by Gasteiger charge is 2.28. The van der Waals surface area contributed by atoms with Gasteiger partial charge in [0.2, 0.25) is 0 Å². The van der Waals surface area contributed by atoms with Crippen LogP contribution in [0.15, 0.2) is 54.1 Å². The largest absolute Gasteiger partial charge is 0.489 e. The molecule has 3 aliphatic rings. The molecule has 4 heterocycles. The highest BCUT2D eigenvalue weighted by atomic mass is 16.5. The van der Waals surface area contributed by atoms with Crippen molar-refractivity contribution in [2.24, 2.45) is 11.7 Å². The molecule has 1 aromatic heterocycles. The summed E-state index contributed by atoms with van der Waals surface area (Å²) in [6.07, 6.45) is 5.94. The molecule has 146 valence electrons. The Labute approximate surface area is 166 Å². The van der Waals surface area contributed by atoms with Gasteiger partial charge in [-0.1, -0.05) is 23.8 Å². The maximum Gasteiger partial charge on any atom is 0.121 e. The van der Waals surface area contributed by atoms with Gasteiger partial charge in [0.1, 0.15) is 12.4 Å². The molecule has 2 bridgehead atoms. The first-order valence-corrected chi connectivity index (χ1v) is 10.6. The summed E-state index contributed by atoms with van der Waals surface area (Å²) in [5, 5.41) is 2.59. The molecule has 0 amide bonds. The third-order valence-electron chi connectivity index (χ3n) is 6.44. The van der Waals surface area contributed by atoms with E-state index in [2.05, 4.69) is 58.0 Å². The van der Waals surface area contributed by atoms with Crippen molar-refractivity contribution >= 4 is 21.8 Å². The molecule has 4 nitrogen and oxygen atoms in total. The smallest absolute Gasteiger partial charge is 0.121 e. The van der Waals surface area contributed by atoms with Gasteiger partial charge in [-0.3, -0.25) is 4.90 Å². The quantitative estimate of drug-likeness (QED) is 0.658. The van der Waals surface area contributed by atoms with E-state index in [9.17, 15) is 0 Å². The van der Waals surface area contributed by atoms with E-state index in [1.807, 2.05) is 0 Å². The number of para-hydroxylation sites is 1.